The molecule has 2 heterocycles. The quantitative estimate of drug-likeness (QED) is 0.703. The summed E-state index contributed by atoms with van der Waals surface area (Å²) in [7, 11) is 0. The molecule has 0 amide bonds. The van der Waals surface area contributed by atoms with E-state index in [0.717, 1.165) is 11.5 Å². The van der Waals surface area contributed by atoms with Crippen LogP contribution in [0.4, 0.5) is 0 Å². The topological polar surface area (TPSA) is 76.4 Å². The van der Waals surface area contributed by atoms with Gasteiger partial charge in [0.05, 0.1) is 5.69 Å². The van der Waals surface area contributed by atoms with Crippen LogP contribution in [-0.4, -0.2) is 26.0 Å². The highest BCUT2D eigenvalue weighted by molar-refractivity contribution is 5.39. The van der Waals surface area contributed by atoms with E-state index in [1.807, 2.05) is 11.3 Å². The Morgan fingerprint density at radius 2 is 2.43 bits per heavy atom. The van der Waals surface area contributed by atoms with E-state index in [9.17, 15) is 5.11 Å². The van der Waals surface area contributed by atoms with Crippen LogP contribution in [0.2, 0.25) is 0 Å². The zero-order valence-electron chi connectivity index (χ0n) is 7.88. The fourth-order valence-electron chi connectivity index (χ4n) is 1.35. The van der Waals surface area contributed by atoms with Gasteiger partial charge in [-0.25, -0.2) is 9.97 Å². The Morgan fingerprint density at radius 1 is 1.64 bits per heavy atom. The van der Waals surface area contributed by atoms with Crippen molar-refractivity contribution in [3.05, 3.63) is 30.0 Å². The van der Waals surface area contributed by atoms with Crippen molar-refractivity contribution in [2.45, 2.75) is 13.0 Å². The highest BCUT2D eigenvalue weighted by Gasteiger charge is 2.10. The Bertz CT molecular complexity index is 451. The molecule has 0 bridgehead atoms. The predicted octanol–water partition coefficient (Wildman–Crippen LogP) is 0.0298. The van der Waals surface area contributed by atoms with Crippen LogP contribution in [0.3, 0.4) is 0 Å². The van der Waals surface area contributed by atoms with Crippen molar-refractivity contribution in [3.8, 4) is 0 Å². The molecule has 2 aromatic rings. The number of nitrogens with zero attached hydrogens (tertiary/aromatic N) is 3. The number of aliphatic hydroxyl groups is 1. The molecule has 5 nitrogen and oxygen atoms in total. The maximum absolute atomic E-state index is 9.50. The van der Waals surface area contributed by atoms with Gasteiger partial charge in [-0.3, -0.25) is 4.40 Å². The summed E-state index contributed by atoms with van der Waals surface area (Å²) < 4.78 is 1.83. The molecule has 0 saturated heterocycles. The second kappa shape index (κ2) is 3.36. The van der Waals surface area contributed by atoms with Gasteiger partial charge in [-0.05, 0) is 13.0 Å². The van der Waals surface area contributed by atoms with Gasteiger partial charge in [0.1, 0.15) is 17.6 Å². The van der Waals surface area contributed by atoms with E-state index in [1.165, 1.54) is 0 Å². The van der Waals surface area contributed by atoms with E-state index in [2.05, 4.69) is 9.97 Å². The van der Waals surface area contributed by atoms with Crippen LogP contribution in [0.25, 0.3) is 5.65 Å². The molecule has 0 aliphatic rings. The summed E-state index contributed by atoms with van der Waals surface area (Å²) in [6.07, 6.45) is 2.75. The van der Waals surface area contributed by atoms with Crippen LogP contribution >= 0.6 is 0 Å². The van der Waals surface area contributed by atoms with E-state index in [1.54, 1.807) is 18.5 Å². The van der Waals surface area contributed by atoms with Crippen LogP contribution in [-0.2, 0) is 0 Å². The summed E-state index contributed by atoms with van der Waals surface area (Å²) in [5, 5.41) is 9.50. The molecular formula is C9H12N4O. The molecule has 3 N–H and O–H groups in total. The monoisotopic (exact) mass is 192 g/mol. The molecule has 0 spiro atoms. The van der Waals surface area contributed by atoms with Crippen LogP contribution in [0.15, 0.2) is 18.5 Å². The van der Waals surface area contributed by atoms with Crippen molar-refractivity contribution in [3.63, 3.8) is 0 Å². The first-order valence-electron chi connectivity index (χ1n) is 4.41. The highest BCUT2D eigenvalue weighted by atomic mass is 16.3. The first-order valence-corrected chi connectivity index (χ1v) is 4.41. The molecule has 1 unspecified atom stereocenters. The lowest BCUT2D eigenvalue weighted by Gasteiger charge is -2.00. The van der Waals surface area contributed by atoms with E-state index < -0.39 is 6.10 Å². The molecular weight excluding hydrogens is 180 g/mol. The van der Waals surface area contributed by atoms with Gasteiger partial charge in [-0.2, -0.15) is 0 Å². The molecule has 0 aromatic carbocycles. The number of nitrogens with two attached hydrogens (primary N) is 1. The minimum absolute atomic E-state index is 0.177. The number of fused-ring (bicyclic) bond motifs is 1. The minimum Gasteiger partial charge on any atom is -0.385 e. The molecule has 0 saturated carbocycles. The van der Waals surface area contributed by atoms with Gasteiger partial charge in [-0.1, -0.05) is 0 Å². The van der Waals surface area contributed by atoms with E-state index >= 15 is 0 Å². The normalized spacial score (nSPS) is 13.4. The van der Waals surface area contributed by atoms with E-state index in [0.29, 0.717) is 5.69 Å². The maximum Gasteiger partial charge on any atom is 0.140 e. The van der Waals surface area contributed by atoms with Crippen LogP contribution < -0.4 is 5.73 Å². The van der Waals surface area contributed by atoms with Crippen LogP contribution in [0.5, 0.6) is 0 Å². The van der Waals surface area contributed by atoms with Gasteiger partial charge in [-0.15, -0.1) is 0 Å². The molecule has 74 valence electrons. The summed E-state index contributed by atoms with van der Waals surface area (Å²) >= 11 is 0. The molecule has 0 fully saturated rings. The molecule has 5 heteroatoms. The lowest BCUT2D eigenvalue weighted by atomic mass is 10.3. The fraction of sp³-hybridized carbons (Fsp3) is 0.333. The van der Waals surface area contributed by atoms with Gasteiger partial charge in [0, 0.05) is 18.9 Å². The largest absolute Gasteiger partial charge is 0.385 e. The number of aromatic nitrogens is 3. The van der Waals surface area contributed by atoms with E-state index in [4.69, 9.17) is 5.73 Å². The van der Waals surface area contributed by atoms with Crippen molar-refractivity contribution >= 4 is 5.65 Å². The van der Waals surface area contributed by atoms with Crippen LogP contribution in [0, 0.1) is 6.92 Å². The Hall–Kier alpha value is -1.46. The van der Waals surface area contributed by atoms with Crippen molar-refractivity contribution in [2.24, 2.45) is 5.73 Å². The molecule has 14 heavy (non-hydrogen) atoms. The molecule has 1 atom stereocenters. The molecule has 2 aromatic heterocycles. The Labute approximate surface area is 81.2 Å². The molecule has 0 radical (unpaired) electrons. The van der Waals surface area contributed by atoms with Gasteiger partial charge < -0.3 is 10.8 Å². The second-order valence-corrected chi connectivity index (χ2v) is 3.14. The molecule has 0 aliphatic carbocycles. The average Bonchev–Trinajstić information content (AvgIpc) is 2.62. The van der Waals surface area contributed by atoms with Crippen molar-refractivity contribution in [1.29, 1.82) is 0 Å². The Morgan fingerprint density at radius 3 is 3.07 bits per heavy atom. The van der Waals surface area contributed by atoms with Gasteiger partial charge in [0.15, 0.2) is 0 Å². The minimum atomic E-state index is -0.700. The number of imidazole rings is 1. The van der Waals surface area contributed by atoms with Crippen LogP contribution in [0.1, 0.15) is 17.6 Å². The zero-order valence-corrected chi connectivity index (χ0v) is 7.88. The smallest absolute Gasteiger partial charge is 0.140 e. The summed E-state index contributed by atoms with van der Waals surface area (Å²) in [4.78, 5) is 8.35. The third-order valence-electron chi connectivity index (χ3n) is 2.15. The lowest BCUT2D eigenvalue weighted by molar-refractivity contribution is 0.182. The Kier molecular flexibility index (Phi) is 2.18. The summed E-state index contributed by atoms with van der Waals surface area (Å²) in [6, 6.07) is 1.79. The third kappa shape index (κ3) is 1.36. The third-order valence-corrected chi connectivity index (χ3v) is 2.15. The number of aliphatic hydroxyl groups excluding tert-OH is 1. The van der Waals surface area contributed by atoms with Gasteiger partial charge >= 0.3 is 0 Å². The second-order valence-electron chi connectivity index (χ2n) is 3.14. The number of hydrogen-bond donors (Lipinski definition) is 2. The van der Waals surface area contributed by atoms with Crippen molar-refractivity contribution < 1.29 is 5.11 Å². The Balaban J connectivity index is 2.56. The SMILES string of the molecule is Cc1nccc2nc(C(O)CN)cn12. The van der Waals surface area contributed by atoms with Crippen molar-refractivity contribution in [2.75, 3.05) is 6.54 Å². The first kappa shape index (κ1) is 9.11. The fourth-order valence-corrected chi connectivity index (χ4v) is 1.35. The van der Waals surface area contributed by atoms with Gasteiger partial charge in [0.25, 0.3) is 0 Å². The first-order chi connectivity index (χ1) is 6.72. The highest BCUT2D eigenvalue weighted by Crippen LogP contribution is 2.12. The number of rotatable bonds is 2. The van der Waals surface area contributed by atoms with Gasteiger partial charge in [0.2, 0.25) is 0 Å². The maximum atomic E-state index is 9.50. The predicted molar refractivity (Wildman–Crippen MR) is 51.7 cm³/mol. The lowest BCUT2D eigenvalue weighted by Crippen LogP contribution is -2.11. The molecule has 0 aliphatic heterocycles. The average molecular weight is 192 g/mol. The molecule has 2 rings (SSSR count). The zero-order chi connectivity index (χ0) is 10.1. The standard InChI is InChI=1S/C9H12N4O/c1-6-11-3-2-9-12-7(5-13(6)9)8(14)4-10/h2-3,5,8,14H,4,10H2,1H3. The summed E-state index contributed by atoms with van der Waals surface area (Å²) in [5.74, 6) is 0.838. The van der Waals surface area contributed by atoms with E-state index in [-0.39, 0.29) is 6.54 Å². The number of hydrogen-bond acceptors (Lipinski definition) is 4. The summed E-state index contributed by atoms with van der Waals surface area (Å²) in [6.45, 7) is 2.06. The van der Waals surface area contributed by atoms with Crippen molar-refractivity contribution in [1.82, 2.24) is 14.4 Å². The number of aryl methyl sites for hydroxylation is 1. The summed E-state index contributed by atoms with van der Waals surface area (Å²) in [5.41, 5.74) is 6.71.